The van der Waals surface area contributed by atoms with Gasteiger partial charge in [-0.2, -0.15) is 0 Å². The Kier molecular flexibility index (Phi) is 1.37. The van der Waals surface area contributed by atoms with Crippen LogP contribution in [0.15, 0.2) is 24.3 Å². The van der Waals surface area contributed by atoms with Crippen LogP contribution in [0, 0.1) is 12.8 Å². The summed E-state index contributed by atoms with van der Waals surface area (Å²) in [6, 6.07) is 9.01. The summed E-state index contributed by atoms with van der Waals surface area (Å²) in [5.41, 5.74) is 3.48. The third kappa shape index (κ3) is 0.969. The van der Waals surface area contributed by atoms with Gasteiger partial charge in [-0.1, -0.05) is 29.8 Å². The second kappa shape index (κ2) is 2.36. The van der Waals surface area contributed by atoms with Crippen LogP contribution < -0.4 is 5.32 Å². The molecule has 2 fully saturated rings. The third-order valence-corrected chi connectivity index (χ3v) is 3.66. The molecule has 68 valence electrons. The van der Waals surface area contributed by atoms with Gasteiger partial charge in [0.25, 0.3) is 0 Å². The molecule has 0 amide bonds. The molecule has 0 radical (unpaired) electrons. The molecule has 1 heteroatoms. The first-order valence-electron chi connectivity index (χ1n) is 5.09. The van der Waals surface area contributed by atoms with Crippen molar-refractivity contribution in [3.05, 3.63) is 35.4 Å². The van der Waals surface area contributed by atoms with E-state index in [9.17, 15) is 0 Å². The van der Waals surface area contributed by atoms with Gasteiger partial charge >= 0.3 is 0 Å². The summed E-state index contributed by atoms with van der Waals surface area (Å²) in [5.74, 6) is 0.925. The number of benzene rings is 1. The van der Waals surface area contributed by atoms with E-state index in [0.29, 0.717) is 5.41 Å². The average Bonchev–Trinajstić information content (AvgIpc) is 2.70. The van der Waals surface area contributed by atoms with Crippen LogP contribution in [0.5, 0.6) is 0 Å². The molecule has 1 N–H and O–H groups in total. The van der Waals surface area contributed by atoms with Crippen molar-refractivity contribution in [2.24, 2.45) is 5.92 Å². The van der Waals surface area contributed by atoms with E-state index in [0.717, 1.165) is 5.92 Å². The number of hydrogen-bond donors (Lipinski definition) is 1. The molecule has 0 unspecified atom stereocenters. The van der Waals surface area contributed by atoms with Crippen molar-refractivity contribution in [2.75, 3.05) is 13.1 Å². The van der Waals surface area contributed by atoms with Crippen molar-refractivity contribution < 1.29 is 0 Å². The Bertz CT molecular complexity index is 345. The number of rotatable bonds is 1. The minimum atomic E-state index is 0.534. The Labute approximate surface area is 79.2 Å². The van der Waals surface area contributed by atoms with Gasteiger partial charge in [0.15, 0.2) is 0 Å². The Hall–Kier alpha value is -0.820. The maximum Gasteiger partial charge on any atom is 0.0122 e. The summed E-state index contributed by atoms with van der Waals surface area (Å²) in [4.78, 5) is 0. The highest BCUT2D eigenvalue weighted by Gasteiger charge is 2.57. The van der Waals surface area contributed by atoms with E-state index in [2.05, 4.69) is 36.5 Å². The summed E-state index contributed by atoms with van der Waals surface area (Å²) >= 11 is 0. The van der Waals surface area contributed by atoms with Gasteiger partial charge in [0, 0.05) is 12.0 Å². The van der Waals surface area contributed by atoms with Gasteiger partial charge in [0.1, 0.15) is 0 Å². The molecule has 2 atom stereocenters. The van der Waals surface area contributed by atoms with Crippen LogP contribution in [0.1, 0.15) is 17.5 Å². The molecule has 0 spiro atoms. The fourth-order valence-electron chi connectivity index (χ4n) is 2.74. The van der Waals surface area contributed by atoms with Gasteiger partial charge in [0.2, 0.25) is 0 Å². The highest BCUT2D eigenvalue weighted by Crippen LogP contribution is 2.56. The van der Waals surface area contributed by atoms with Crippen LogP contribution in [-0.4, -0.2) is 13.1 Å². The van der Waals surface area contributed by atoms with Gasteiger partial charge < -0.3 is 5.32 Å². The van der Waals surface area contributed by atoms with Crippen molar-refractivity contribution in [1.29, 1.82) is 0 Å². The fraction of sp³-hybridized carbons (Fsp3) is 0.500. The second-order valence-electron chi connectivity index (χ2n) is 4.56. The first kappa shape index (κ1) is 7.57. The highest BCUT2D eigenvalue weighted by molar-refractivity contribution is 5.38. The molecular formula is C12H15N. The molecule has 1 heterocycles. The molecule has 0 bridgehead atoms. The van der Waals surface area contributed by atoms with Crippen LogP contribution in [0.2, 0.25) is 0 Å². The third-order valence-electron chi connectivity index (χ3n) is 3.66. The molecule has 1 nitrogen and oxygen atoms in total. The zero-order valence-electron chi connectivity index (χ0n) is 8.01. The molecule has 3 rings (SSSR count). The maximum atomic E-state index is 3.48. The molecular weight excluding hydrogens is 158 g/mol. The molecule has 1 saturated carbocycles. The number of nitrogens with one attached hydrogen (secondary N) is 1. The number of aryl methyl sites for hydroxylation is 1. The molecule has 1 saturated heterocycles. The summed E-state index contributed by atoms with van der Waals surface area (Å²) in [5, 5.41) is 3.48. The van der Waals surface area contributed by atoms with Crippen LogP contribution >= 0.6 is 0 Å². The van der Waals surface area contributed by atoms with Crippen molar-refractivity contribution in [3.8, 4) is 0 Å². The van der Waals surface area contributed by atoms with Crippen LogP contribution in [0.4, 0.5) is 0 Å². The van der Waals surface area contributed by atoms with Crippen molar-refractivity contribution in [2.45, 2.75) is 18.8 Å². The lowest BCUT2D eigenvalue weighted by molar-refractivity contribution is 0.675. The number of fused-ring (bicyclic) bond motifs is 1. The fourth-order valence-corrected chi connectivity index (χ4v) is 2.74. The van der Waals surface area contributed by atoms with Gasteiger partial charge in [-0.25, -0.2) is 0 Å². The van der Waals surface area contributed by atoms with E-state index in [1.807, 2.05) is 0 Å². The second-order valence-corrected chi connectivity index (χ2v) is 4.56. The van der Waals surface area contributed by atoms with Crippen LogP contribution in [-0.2, 0) is 5.41 Å². The molecule has 13 heavy (non-hydrogen) atoms. The van der Waals surface area contributed by atoms with E-state index in [1.165, 1.54) is 25.1 Å². The summed E-state index contributed by atoms with van der Waals surface area (Å²) < 4.78 is 0. The average molecular weight is 173 g/mol. The van der Waals surface area contributed by atoms with Crippen molar-refractivity contribution in [1.82, 2.24) is 5.32 Å². The van der Waals surface area contributed by atoms with E-state index >= 15 is 0 Å². The molecule has 1 aromatic rings. The van der Waals surface area contributed by atoms with Gasteiger partial charge in [0.05, 0.1) is 0 Å². The van der Waals surface area contributed by atoms with Crippen LogP contribution in [0.3, 0.4) is 0 Å². The van der Waals surface area contributed by atoms with E-state index in [1.54, 1.807) is 5.56 Å². The monoisotopic (exact) mass is 173 g/mol. The van der Waals surface area contributed by atoms with Gasteiger partial charge in [-0.3, -0.25) is 0 Å². The summed E-state index contributed by atoms with van der Waals surface area (Å²) in [6.45, 7) is 4.61. The number of piperidine rings is 1. The molecule has 1 aromatic carbocycles. The van der Waals surface area contributed by atoms with Gasteiger partial charge in [-0.15, -0.1) is 0 Å². The predicted molar refractivity (Wildman–Crippen MR) is 53.8 cm³/mol. The molecule has 2 aliphatic rings. The van der Waals surface area contributed by atoms with Crippen molar-refractivity contribution >= 4 is 0 Å². The van der Waals surface area contributed by atoms with Gasteiger partial charge in [-0.05, 0) is 31.4 Å². The lowest BCUT2D eigenvalue weighted by Crippen LogP contribution is -2.19. The zero-order valence-corrected chi connectivity index (χ0v) is 8.01. The zero-order chi connectivity index (χ0) is 8.89. The Morgan fingerprint density at radius 1 is 1.46 bits per heavy atom. The summed E-state index contributed by atoms with van der Waals surface area (Å²) in [7, 11) is 0. The quantitative estimate of drug-likeness (QED) is 0.683. The number of hydrogen-bond acceptors (Lipinski definition) is 1. The minimum absolute atomic E-state index is 0.534. The normalized spacial score (nSPS) is 35.9. The molecule has 0 aromatic heterocycles. The smallest absolute Gasteiger partial charge is 0.0122 e. The minimum Gasteiger partial charge on any atom is -0.316 e. The lowest BCUT2D eigenvalue weighted by Gasteiger charge is -2.12. The Morgan fingerprint density at radius 2 is 2.38 bits per heavy atom. The summed E-state index contributed by atoms with van der Waals surface area (Å²) in [6.07, 6.45) is 1.41. The topological polar surface area (TPSA) is 12.0 Å². The highest BCUT2D eigenvalue weighted by atomic mass is 15.0. The first-order chi connectivity index (χ1) is 6.31. The lowest BCUT2D eigenvalue weighted by atomic mass is 9.94. The predicted octanol–water partition coefficient (Wildman–Crippen LogP) is 1.86. The SMILES string of the molecule is Cc1cccc([C@]23CNC[C@H]2C3)c1. The Morgan fingerprint density at radius 3 is 3.00 bits per heavy atom. The van der Waals surface area contributed by atoms with E-state index in [4.69, 9.17) is 0 Å². The van der Waals surface area contributed by atoms with Crippen molar-refractivity contribution in [3.63, 3.8) is 0 Å². The molecule has 1 aliphatic heterocycles. The standard InChI is InChI=1S/C12H15N/c1-9-3-2-4-10(5-9)12-6-11(12)7-13-8-12/h2-5,11,13H,6-8H2,1H3/t11-,12+/m1/s1. The van der Waals surface area contributed by atoms with Crippen LogP contribution in [0.25, 0.3) is 0 Å². The Balaban J connectivity index is 2.01. The largest absolute Gasteiger partial charge is 0.316 e. The van der Waals surface area contributed by atoms with E-state index in [-0.39, 0.29) is 0 Å². The maximum absolute atomic E-state index is 3.48. The first-order valence-corrected chi connectivity index (χ1v) is 5.09. The van der Waals surface area contributed by atoms with E-state index < -0.39 is 0 Å². The molecule has 1 aliphatic carbocycles.